The lowest BCUT2D eigenvalue weighted by molar-refractivity contribution is -0.125. The molecule has 0 spiro atoms. The third kappa shape index (κ3) is 4.51. The Hall–Kier alpha value is -2.80. The van der Waals surface area contributed by atoms with Crippen LogP contribution in [0.25, 0.3) is 10.2 Å². The maximum Gasteiger partial charge on any atom is 0.225 e. The van der Waals surface area contributed by atoms with E-state index in [9.17, 15) is 4.79 Å². The summed E-state index contributed by atoms with van der Waals surface area (Å²) in [5, 5.41) is 4.06. The first-order valence-electron chi connectivity index (χ1n) is 10.4. The van der Waals surface area contributed by atoms with E-state index < -0.39 is 0 Å². The lowest BCUT2D eigenvalue weighted by atomic mass is 9.97. The van der Waals surface area contributed by atoms with Gasteiger partial charge in [0.1, 0.15) is 11.5 Å². The molecule has 0 bridgehead atoms. The van der Waals surface area contributed by atoms with Crippen molar-refractivity contribution in [1.82, 2.24) is 10.3 Å². The molecule has 7 heteroatoms. The first kappa shape index (κ1) is 20.5. The van der Waals surface area contributed by atoms with E-state index in [0.29, 0.717) is 19.7 Å². The quantitative estimate of drug-likeness (QED) is 0.614. The van der Waals surface area contributed by atoms with Crippen LogP contribution in [0.15, 0.2) is 42.5 Å². The summed E-state index contributed by atoms with van der Waals surface area (Å²) in [6.07, 6.45) is 1.88. The van der Waals surface area contributed by atoms with Gasteiger partial charge in [0.15, 0.2) is 5.13 Å². The Bertz CT molecular complexity index is 1020. The molecule has 1 aliphatic rings. The minimum Gasteiger partial charge on any atom is -0.496 e. The van der Waals surface area contributed by atoms with E-state index in [2.05, 4.69) is 10.2 Å². The molecule has 1 N–H and O–H groups in total. The Morgan fingerprint density at radius 3 is 3.00 bits per heavy atom. The van der Waals surface area contributed by atoms with Crippen LogP contribution < -0.4 is 19.7 Å². The zero-order valence-corrected chi connectivity index (χ0v) is 18.2. The van der Waals surface area contributed by atoms with Gasteiger partial charge in [-0.05, 0) is 44.0 Å². The predicted octanol–water partition coefficient (Wildman–Crippen LogP) is 4.24. The highest BCUT2D eigenvalue weighted by atomic mass is 32.1. The molecule has 1 saturated heterocycles. The summed E-state index contributed by atoms with van der Waals surface area (Å²) in [5.41, 5.74) is 1.96. The van der Waals surface area contributed by atoms with Gasteiger partial charge in [0.25, 0.3) is 0 Å². The number of benzene rings is 2. The normalized spacial score (nSPS) is 16.5. The molecule has 6 nitrogen and oxygen atoms in total. The topological polar surface area (TPSA) is 63.7 Å². The van der Waals surface area contributed by atoms with Crippen LogP contribution in [0.5, 0.6) is 11.5 Å². The lowest BCUT2D eigenvalue weighted by Crippen LogP contribution is -2.43. The molecule has 158 valence electrons. The van der Waals surface area contributed by atoms with Gasteiger partial charge < -0.3 is 19.7 Å². The Labute approximate surface area is 180 Å². The number of carbonyl (C=O) groups is 1. The van der Waals surface area contributed by atoms with Crippen LogP contribution in [0.4, 0.5) is 5.13 Å². The standard InChI is InChI=1S/C23H27N3O3S/c1-3-29-18-10-11-19-21(13-18)30-23(25-19)26-12-6-8-17(15-26)22(27)24-14-16-7-4-5-9-20(16)28-2/h4-5,7,9-11,13,17H,3,6,8,12,14-15H2,1-2H3,(H,24,27)/t17-/m1/s1. The van der Waals surface area contributed by atoms with E-state index in [1.165, 1.54) is 0 Å². The second-order valence-corrected chi connectivity index (χ2v) is 8.38. The number of anilines is 1. The molecule has 0 saturated carbocycles. The van der Waals surface area contributed by atoms with Gasteiger partial charge in [-0.2, -0.15) is 0 Å². The fraction of sp³-hybridized carbons (Fsp3) is 0.391. The molecule has 0 radical (unpaired) electrons. The summed E-state index contributed by atoms with van der Waals surface area (Å²) in [5.74, 6) is 1.71. The van der Waals surface area contributed by atoms with Crippen LogP contribution in [0.1, 0.15) is 25.3 Å². The third-order valence-electron chi connectivity index (χ3n) is 5.37. The van der Waals surface area contributed by atoms with Crippen molar-refractivity contribution < 1.29 is 14.3 Å². The Morgan fingerprint density at radius 2 is 2.17 bits per heavy atom. The van der Waals surface area contributed by atoms with Crippen molar-refractivity contribution in [3.8, 4) is 11.5 Å². The van der Waals surface area contributed by atoms with Crippen LogP contribution in [0.2, 0.25) is 0 Å². The SMILES string of the molecule is CCOc1ccc2nc(N3CCC[C@@H](C(=O)NCc4ccccc4OC)C3)sc2c1. The van der Waals surface area contributed by atoms with E-state index in [1.54, 1.807) is 18.4 Å². The van der Waals surface area contributed by atoms with Crippen molar-refractivity contribution in [1.29, 1.82) is 0 Å². The number of aromatic nitrogens is 1. The highest BCUT2D eigenvalue weighted by Gasteiger charge is 2.27. The Kier molecular flexibility index (Phi) is 6.38. The molecule has 0 aliphatic carbocycles. The average molecular weight is 426 g/mol. The van der Waals surface area contributed by atoms with E-state index in [-0.39, 0.29) is 11.8 Å². The number of carbonyl (C=O) groups excluding carboxylic acids is 1. The van der Waals surface area contributed by atoms with Crippen LogP contribution in [-0.4, -0.2) is 37.7 Å². The number of rotatable bonds is 7. The molecule has 1 atom stereocenters. The Morgan fingerprint density at radius 1 is 1.30 bits per heavy atom. The molecular formula is C23H27N3O3S. The van der Waals surface area contributed by atoms with Crippen molar-refractivity contribution in [2.45, 2.75) is 26.3 Å². The number of thiazole rings is 1. The highest BCUT2D eigenvalue weighted by Crippen LogP contribution is 2.33. The monoisotopic (exact) mass is 425 g/mol. The number of hydrogen-bond donors (Lipinski definition) is 1. The van der Waals surface area contributed by atoms with Gasteiger partial charge in [0.05, 0.1) is 29.9 Å². The number of para-hydroxylation sites is 1. The first-order valence-corrected chi connectivity index (χ1v) is 11.2. The molecule has 0 unspecified atom stereocenters. The summed E-state index contributed by atoms with van der Waals surface area (Å²) >= 11 is 1.66. The number of amides is 1. The van der Waals surface area contributed by atoms with Gasteiger partial charge >= 0.3 is 0 Å². The molecule has 4 rings (SSSR count). The number of nitrogens with zero attached hydrogens (tertiary/aromatic N) is 2. The van der Waals surface area contributed by atoms with Gasteiger partial charge in [0, 0.05) is 25.2 Å². The van der Waals surface area contributed by atoms with Crippen LogP contribution in [-0.2, 0) is 11.3 Å². The zero-order valence-electron chi connectivity index (χ0n) is 17.4. The van der Waals surface area contributed by atoms with Crippen LogP contribution >= 0.6 is 11.3 Å². The number of nitrogens with one attached hydrogen (secondary N) is 1. The van der Waals surface area contributed by atoms with E-state index in [1.807, 2.05) is 49.4 Å². The molecule has 2 heterocycles. The minimum atomic E-state index is -0.0422. The maximum atomic E-state index is 12.8. The zero-order chi connectivity index (χ0) is 20.9. The van der Waals surface area contributed by atoms with Crippen molar-refractivity contribution in [3.05, 3.63) is 48.0 Å². The number of ether oxygens (including phenoxy) is 2. The summed E-state index contributed by atoms with van der Waals surface area (Å²) in [7, 11) is 1.65. The smallest absolute Gasteiger partial charge is 0.225 e. The van der Waals surface area contributed by atoms with Gasteiger partial charge in [0.2, 0.25) is 5.91 Å². The van der Waals surface area contributed by atoms with Crippen molar-refractivity contribution >= 4 is 32.6 Å². The van der Waals surface area contributed by atoms with Gasteiger partial charge in [-0.1, -0.05) is 29.5 Å². The molecule has 3 aromatic rings. The van der Waals surface area contributed by atoms with Crippen LogP contribution in [0.3, 0.4) is 0 Å². The van der Waals surface area contributed by atoms with Crippen LogP contribution in [0, 0.1) is 5.92 Å². The highest BCUT2D eigenvalue weighted by molar-refractivity contribution is 7.22. The summed E-state index contributed by atoms with van der Waals surface area (Å²) in [6, 6.07) is 13.8. The van der Waals surface area contributed by atoms with Gasteiger partial charge in [-0.3, -0.25) is 4.79 Å². The molecule has 30 heavy (non-hydrogen) atoms. The Balaban J connectivity index is 1.41. The second-order valence-electron chi connectivity index (χ2n) is 7.37. The minimum absolute atomic E-state index is 0.0422. The summed E-state index contributed by atoms with van der Waals surface area (Å²) < 4.78 is 12.1. The third-order valence-corrected chi connectivity index (χ3v) is 6.45. The molecule has 2 aromatic carbocycles. The maximum absolute atomic E-state index is 12.8. The van der Waals surface area contributed by atoms with Crippen molar-refractivity contribution in [2.75, 3.05) is 31.7 Å². The largest absolute Gasteiger partial charge is 0.496 e. The van der Waals surface area contributed by atoms with E-state index in [0.717, 1.165) is 51.8 Å². The fourth-order valence-corrected chi connectivity index (χ4v) is 4.85. The number of piperidine rings is 1. The second kappa shape index (κ2) is 9.34. The van der Waals surface area contributed by atoms with Crippen molar-refractivity contribution in [3.63, 3.8) is 0 Å². The molecule has 1 amide bonds. The lowest BCUT2D eigenvalue weighted by Gasteiger charge is -2.31. The first-order chi connectivity index (χ1) is 14.7. The molecule has 1 aliphatic heterocycles. The summed E-state index contributed by atoms with van der Waals surface area (Å²) in [4.78, 5) is 19.9. The van der Waals surface area contributed by atoms with Gasteiger partial charge in [-0.25, -0.2) is 4.98 Å². The van der Waals surface area contributed by atoms with E-state index in [4.69, 9.17) is 14.5 Å². The van der Waals surface area contributed by atoms with E-state index >= 15 is 0 Å². The van der Waals surface area contributed by atoms with Gasteiger partial charge in [-0.15, -0.1) is 0 Å². The predicted molar refractivity (Wildman–Crippen MR) is 121 cm³/mol. The molecule has 1 aromatic heterocycles. The summed E-state index contributed by atoms with van der Waals surface area (Å²) in [6.45, 7) is 4.72. The fourth-order valence-electron chi connectivity index (χ4n) is 3.83. The number of methoxy groups -OCH3 is 1. The number of fused-ring (bicyclic) bond motifs is 1. The van der Waals surface area contributed by atoms with Crippen molar-refractivity contribution in [2.24, 2.45) is 5.92 Å². The molecular weight excluding hydrogens is 398 g/mol. The average Bonchev–Trinajstić information content (AvgIpc) is 3.21. The molecule has 1 fully saturated rings. The number of hydrogen-bond acceptors (Lipinski definition) is 6.